The molecule has 0 unspecified atom stereocenters. The largest absolute Gasteiger partial charge is 0.344 e. The third kappa shape index (κ3) is 2.85. The van der Waals surface area contributed by atoms with E-state index < -0.39 is 0 Å². The van der Waals surface area contributed by atoms with Crippen molar-refractivity contribution in [3.05, 3.63) is 58.7 Å². The summed E-state index contributed by atoms with van der Waals surface area (Å²) in [4.78, 5) is 22.3. The van der Waals surface area contributed by atoms with Crippen molar-refractivity contribution < 1.29 is 9.18 Å². The van der Waals surface area contributed by atoms with Gasteiger partial charge >= 0.3 is 0 Å². The van der Waals surface area contributed by atoms with Gasteiger partial charge < -0.3 is 5.32 Å². The van der Waals surface area contributed by atoms with E-state index in [9.17, 15) is 9.18 Å². The number of carbonyl (C=O) groups excluding carboxylic acids is 1. The van der Waals surface area contributed by atoms with E-state index in [1.54, 1.807) is 35.3 Å². The van der Waals surface area contributed by atoms with Crippen molar-refractivity contribution in [3.8, 4) is 0 Å². The normalized spacial score (nSPS) is 12.6. The van der Waals surface area contributed by atoms with E-state index in [1.165, 1.54) is 23.5 Å². The Hall–Kier alpha value is -2.87. The van der Waals surface area contributed by atoms with E-state index in [1.807, 2.05) is 6.92 Å². The molecule has 3 aromatic heterocycles. The summed E-state index contributed by atoms with van der Waals surface area (Å²) in [5.41, 5.74) is 4.02. The van der Waals surface area contributed by atoms with Crippen LogP contribution in [0.5, 0.6) is 0 Å². The first kappa shape index (κ1) is 15.6. The molecule has 0 aliphatic heterocycles. The molecule has 0 bridgehead atoms. The van der Waals surface area contributed by atoms with Crippen molar-refractivity contribution in [1.29, 1.82) is 0 Å². The minimum Gasteiger partial charge on any atom is -0.344 e. The number of hydrogen-bond donors (Lipinski definition) is 1. The van der Waals surface area contributed by atoms with Crippen molar-refractivity contribution in [2.45, 2.75) is 19.9 Å². The molecule has 25 heavy (non-hydrogen) atoms. The molecular weight excluding hydrogens is 341 g/mol. The van der Waals surface area contributed by atoms with E-state index >= 15 is 0 Å². The summed E-state index contributed by atoms with van der Waals surface area (Å²) in [5.74, 6) is -0.630. The Balaban J connectivity index is 1.66. The van der Waals surface area contributed by atoms with Crippen LogP contribution in [0.3, 0.4) is 0 Å². The number of carbonyl (C=O) groups is 1. The minimum absolute atomic E-state index is 0.251. The Kier molecular flexibility index (Phi) is 3.69. The predicted octanol–water partition coefficient (Wildman–Crippen LogP) is 3.28. The fraction of sp³-hybridized carbons (Fsp3) is 0.176. The van der Waals surface area contributed by atoms with Crippen molar-refractivity contribution in [3.63, 3.8) is 0 Å². The van der Waals surface area contributed by atoms with Gasteiger partial charge in [-0.25, -0.2) is 13.9 Å². The monoisotopic (exact) mass is 355 g/mol. The lowest BCUT2D eigenvalue weighted by Gasteiger charge is -2.13. The number of imidazole rings is 1. The number of aryl methyl sites for hydroxylation is 1. The minimum atomic E-state index is -0.379. The van der Waals surface area contributed by atoms with Gasteiger partial charge in [-0.15, -0.1) is 0 Å². The van der Waals surface area contributed by atoms with Crippen LogP contribution in [-0.4, -0.2) is 25.5 Å². The fourth-order valence-electron chi connectivity index (χ4n) is 2.73. The molecule has 4 rings (SSSR count). The number of amides is 1. The zero-order valence-electron chi connectivity index (χ0n) is 13.5. The smallest absolute Gasteiger partial charge is 0.252 e. The molecule has 1 N–H and O–H groups in total. The maximum absolute atomic E-state index is 13.4. The average molecular weight is 355 g/mol. The zero-order valence-corrected chi connectivity index (χ0v) is 14.3. The quantitative estimate of drug-likeness (QED) is 0.612. The Morgan fingerprint density at radius 2 is 2.16 bits per heavy atom. The molecule has 3 heterocycles. The van der Waals surface area contributed by atoms with E-state index in [4.69, 9.17) is 0 Å². The number of nitrogens with zero attached hydrogens (tertiary/aromatic N) is 4. The second kappa shape index (κ2) is 5.89. The lowest BCUT2D eigenvalue weighted by atomic mass is 10.1. The summed E-state index contributed by atoms with van der Waals surface area (Å²) >= 11 is 1.43. The second-order valence-electron chi connectivity index (χ2n) is 5.80. The van der Waals surface area contributed by atoms with E-state index in [0.29, 0.717) is 22.2 Å². The van der Waals surface area contributed by atoms with Gasteiger partial charge in [0.15, 0.2) is 0 Å². The van der Waals surface area contributed by atoms with Crippen LogP contribution in [0, 0.1) is 12.7 Å². The van der Waals surface area contributed by atoms with Gasteiger partial charge in [0.2, 0.25) is 4.96 Å². The average Bonchev–Trinajstić information content (AvgIpc) is 3.15. The van der Waals surface area contributed by atoms with Crippen LogP contribution in [0.25, 0.3) is 15.9 Å². The molecule has 0 saturated heterocycles. The number of nitrogens with one attached hydrogen (secondary N) is 1. The van der Waals surface area contributed by atoms with Crippen LogP contribution in [0.2, 0.25) is 0 Å². The van der Waals surface area contributed by atoms with Crippen LogP contribution < -0.4 is 5.32 Å². The van der Waals surface area contributed by atoms with Crippen LogP contribution in [0.1, 0.15) is 34.7 Å². The number of benzene rings is 1. The fourth-order valence-corrected chi connectivity index (χ4v) is 3.34. The molecule has 8 heteroatoms. The van der Waals surface area contributed by atoms with Gasteiger partial charge in [-0.2, -0.15) is 5.10 Å². The lowest BCUT2D eigenvalue weighted by Crippen LogP contribution is -2.27. The molecule has 0 saturated carbocycles. The van der Waals surface area contributed by atoms with Gasteiger partial charge in [0.05, 0.1) is 29.0 Å². The highest BCUT2D eigenvalue weighted by atomic mass is 32.1. The topological polar surface area (TPSA) is 72.2 Å². The van der Waals surface area contributed by atoms with Crippen molar-refractivity contribution in [2.24, 2.45) is 0 Å². The summed E-state index contributed by atoms with van der Waals surface area (Å²) in [7, 11) is 0. The number of hydrogen-bond acceptors (Lipinski definition) is 5. The highest BCUT2D eigenvalue weighted by Crippen LogP contribution is 2.21. The third-order valence-corrected chi connectivity index (χ3v) is 4.63. The summed E-state index contributed by atoms with van der Waals surface area (Å²) in [6.45, 7) is 3.64. The molecule has 0 radical (unpaired) electrons. The van der Waals surface area contributed by atoms with Crippen LogP contribution in [0.15, 0.2) is 36.0 Å². The van der Waals surface area contributed by atoms with Crippen LogP contribution in [-0.2, 0) is 0 Å². The molecule has 1 atom stereocenters. The number of aromatic nitrogens is 4. The Bertz CT molecular complexity index is 1070. The summed E-state index contributed by atoms with van der Waals surface area (Å²) in [6.07, 6.45) is 1.79. The molecule has 0 spiro atoms. The number of pyridine rings is 1. The highest BCUT2D eigenvalue weighted by molar-refractivity contribution is 7.14. The van der Waals surface area contributed by atoms with Crippen molar-refractivity contribution >= 4 is 33.1 Å². The first-order valence-electron chi connectivity index (χ1n) is 7.68. The summed E-state index contributed by atoms with van der Waals surface area (Å²) in [6, 6.07) is 5.65. The first-order valence-corrected chi connectivity index (χ1v) is 8.56. The molecule has 1 aromatic carbocycles. The van der Waals surface area contributed by atoms with E-state index in [2.05, 4.69) is 20.4 Å². The van der Waals surface area contributed by atoms with Crippen molar-refractivity contribution in [2.75, 3.05) is 0 Å². The molecule has 1 amide bonds. The summed E-state index contributed by atoms with van der Waals surface area (Å²) in [5, 5.41) is 7.69. The van der Waals surface area contributed by atoms with Gasteiger partial charge in [-0.05, 0) is 32.0 Å². The van der Waals surface area contributed by atoms with Crippen LogP contribution in [0.4, 0.5) is 4.39 Å². The third-order valence-electron chi connectivity index (χ3n) is 3.94. The molecule has 126 valence electrons. The second-order valence-corrected chi connectivity index (χ2v) is 6.61. The molecule has 0 aliphatic rings. The van der Waals surface area contributed by atoms with Gasteiger partial charge in [-0.3, -0.25) is 9.78 Å². The number of fused-ring (bicyclic) bond motifs is 2. The first-order chi connectivity index (χ1) is 12.0. The van der Waals surface area contributed by atoms with E-state index in [0.717, 1.165) is 10.7 Å². The van der Waals surface area contributed by atoms with Gasteiger partial charge in [0, 0.05) is 17.1 Å². The zero-order chi connectivity index (χ0) is 17.6. The standard InChI is InChI=1S/C17H14FN5OS/c1-9-5-13(12-4-3-11(18)6-14(12)20-9)16(24)21-10(2)15-7-23-17(22-15)25-8-19-23/h3-8,10H,1-2H3,(H,21,24)/t10-/m1/s1. The SMILES string of the molecule is Cc1cc(C(=O)N[C@H](C)c2cn3ncsc3n2)c2ccc(F)cc2n1. The molecule has 6 nitrogen and oxygen atoms in total. The molecular formula is C17H14FN5OS. The number of halogens is 1. The maximum Gasteiger partial charge on any atom is 0.252 e. The maximum atomic E-state index is 13.4. The van der Waals surface area contributed by atoms with Gasteiger partial charge in [-0.1, -0.05) is 11.3 Å². The Morgan fingerprint density at radius 3 is 2.96 bits per heavy atom. The molecule has 0 fully saturated rings. The Morgan fingerprint density at radius 1 is 1.32 bits per heavy atom. The molecule has 0 aliphatic carbocycles. The van der Waals surface area contributed by atoms with E-state index in [-0.39, 0.29) is 17.8 Å². The lowest BCUT2D eigenvalue weighted by molar-refractivity contribution is 0.0940. The van der Waals surface area contributed by atoms with Gasteiger partial charge in [0.25, 0.3) is 5.91 Å². The van der Waals surface area contributed by atoms with Crippen molar-refractivity contribution in [1.82, 2.24) is 24.9 Å². The van der Waals surface area contributed by atoms with Crippen LogP contribution >= 0.6 is 11.3 Å². The predicted molar refractivity (Wildman–Crippen MR) is 93.2 cm³/mol. The highest BCUT2D eigenvalue weighted by Gasteiger charge is 2.18. The molecule has 4 aromatic rings. The number of rotatable bonds is 3. The van der Waals surface area contributed by atoms with Gasteiger partial charge in [0.1, 0.15) is 11.3 Å². The Labute approximate surface area is 146 Å². The summed E-state index contributed by atoms with van der Waals surface area (Å²) < 4.78 is 15.1.